The summed E-state index contributed by atoms with van der Waals surface area (Å²) in [5, 5.41) is 11.5. The van der Waals surface area contributed by atoms with Crippen LogP contribution in [0.1, 0.15) is 25.7 Å². The van der Waals surface area contributed by atoms with E-state index in [1.165, 1.54) is 12.5 Å². The van der Waals surface area contributed by atoms with Gasteiger partial charge in [-0.15, -0.1) is 0 Å². The zero-order chi connectivity index (χ0) is 17.0. The molecule has 0 bridgehead atoms. The predicted molar refractivity (Wildman–Crippen MR) is 95.1 cm³/mol. The fraction of sp³-hybridized carbons (Fsp3) is 0.933. The minimum atomic E-state index is -2.15. The van der Waals surface area contributed by atoms with E-state index >= 15 is 0 Å². The van der Waals surface area contributed by atoms with Crippen molar-refractivity contribution in [2.24, 2.45) is 0 Å². The van der Waals surface area contributed by atoms with E-state index in [1.807, 2.05) is 0 Å². The summed E-state index contributed by atoms with van der Waals surface area (Å²) in [7, 11) is -3.93. The van der Waals surface area contributed by atoms with Gasteiger partial charge in [0.25, 0.3) is 0 Å². The van der Waals surface area contributed by atoms with E-state index in [9.17, 15) is 4.79 Å². The molecule has 0 saturated carbocycles. The molecule has 0 radical (unpaired) electrons. The van der Waals surface area contributed by atoms with Crippen LogP contribution in [-0.2, 0) is 18.1 Å². The van der Waals surface area contributed by atoms with E-state index in [1.54, 1.807) is 0 Å². The smallest absolute Gasteiger partial charge is 0.324 e. The van der Waals surface area contributed by atoms with Crippen LogP contribution >= 0.6 is 0 Å². The predicted octanol–water partition coefficient (Wildman–Crippen LogP) is 2.00. The lowest BCUT2D eigenvalue weighted by Gasteiger charge is -2.40. The summed E-state index contributed by atoms with van der Waals surface area (Å²) in [5.74, 6) is 0. The molecular formula is C15H33NO5Si2. The van der Waals surface area contributed by atoms with Gasteiger partial charge in [0.15, 0.2) is 8.32 Å². The van der Waals surface area contributed by atoms with E-state index in [0.29, 0.717) is 13.2 Å². The molecule has 1 aliphatic rings. The number of nitrogens with one attached hydrogen (secondary N) is 1. The van der Waals surface area contributed by atoms with Gasteiger partial charge in [-0.2, -0.15) is 0 Å². The SMILES string of the molecule is C[Si]1(CCCNC=O)CCCCO[Si](C)(CCCOCCO)O1. The quantitative estimate of drug-likeness (QED) is 0.333. The van der Waals surface area contributed by atoms with Gasteiger partial charge in [0.1, 0.15) is 0 Å². The van der Waals surface area contributed by atoms with Crippen LogP contribution in [0.3, 0.4) is 0 Å². The molecule has 2 N–H and O–H groups in total. The molecule has 136 valence electrons. The largest absolute Gasteiger partial charge is 0.436 e. The van der Waals surface area contributed by atoms with Gasteiger partial charge in [0.05, 0.1) is 13.2 Å². The lowest BCUT2D eigenvalue weighted by atomic mass is 10.4. The molecule has 1 rings (SSSR count). The molecule has 6 nitrogen and oxygen atoms in total. The van der Waals surface area contributed by atoms with Crippen molar-refractivity contribution in [2.45, 2.75) is 56.9 Å². The van der Waals surface area contributed by atoms with Crippen LogP contribution in [0.15, 0.2) is 0 Å². The first kappa shape index (κ1) is 20.8. The lowest BCUT2D eigenvalue weighted by Crippen LogP contribution is -2.51. The van der Waals surface area contributed by atoms with Gasteiger partial charge >= 0.3 is 8.56 Å². The third-order valence-corrected chi connectivity index (χ3v) is 12.8. The molecule has 1 amide bonds. The molecule has 0 aliphatic carbocycles. The van der Waals surface area contributed by atoms with Gasteiger partial charge in [-0.05, 0) is 50.5 Å². The second-order valence-electron chi connectivity index (χ2n) is 6.61. The van der Waals surface area contributed by atoms with Crippen molar-refractivity contribution >= 4 is 23.3 Å². The van der Waals surface area contributed by atoms with Crippen LogP contribution in [-0.4, -0.2) is 61.4 Å². The Morgan fingerprint density at radius 2 is 2.04 bits per heavy atom. The van der Waals surface area contributed by atoms with Gasteiger partial charge < -0.3 is 23.7 Å². The Balaban J connectivity index is 2.49. The summed E-state index contributed by atoms with van der Waals surface area (Å²) in [6.45, 7) is 7.14. The van der Waals surface area contributed by atoms with Gasteiger partial charge in [0, 0.05) is 19.8 Å². The van der Waals surface area contributed by atoms with E-state index in [-0.39, 0.29) is 6.61 Å². The minimum absolute atomic E-state index is 0.0709. The summed E-state index contributed by atoms with van der Waals surface area (Å²) in [6.07, 6.45) is 4.94. The summed E-state index contributed by atoms with van der Waals surface area (Å²) in [5.41, 5.74) is 0. The number of amides is 1. The second kappa shape index (κ2) is 11.3. The second-order valence-corrected chi connectivity index (χ2v) is 14.4. The maximum Gasteiger partial charge on any atom is 0.324 e. The number of carbonyl (C=O) groups excluding carboxylic acids is 1. The molecule has 0 aromatic carbocycles. The Bertz CT molecular complexity index is 337. The number of hydrogen-bond donors (Lipinski definition) is 2. The molecule has 1 saturated heterocycles. The minimum Gasteiger partial charge on any atom is -0.436 e. The molecule has 0 aromatic heterocycles. The first-order valence-corrected chi connectivity index (χ1v) is 14.1. The molecule has 23 heavy (non-hydrogen) atoms. The maximum absolute atomic E-state index is 10.4. The zero-order valence-corrected chi connectivity index (χ0v) is 16.6. The molecule has 8 heteroatoms. The Morgan fingerprint density at radius 1 is 1.22 bits per heavy atom. The molecule has 1 heterocycles. The highest BCUT2D eigenvalue weighted by Gasteiger charge is 2.41. The molecule has 1 fully saturated rings. The van der Waals surface area contributed by atoms with Crippen molar-refractivity contribution in [1.82, 2.24) is 5.32 Å². The number of hydrogen-bond acceptors (Lipinski definition) is 5. The lowest BCUT2D eigenvalue weighted by molar-refractivity contribution is -0.109. The van der Waals surface area contributed by atoms with E-state index in [2.05, 4.69) is 18.4 Å². The zero-order valence-electron chi connectivity index (χ0n) is 14.6. The molecule has 1 aliphatic heterocycles. The molecule has 0 spiro atoms. The van der Waals surface area contributed by atoms with Crippen molar-refractivity contribution < 1.29 is 23.2 Å². The number of aliphatic hydroxyl groups excluding tert-OH is 1. The maximum atomic E-state index is 10.4. The normalized spacial score (nSPS) is 28.8. The topological polar surface area (TPSA) is 77.0 Å². The molecule has 2 unspecified atom stereocenters. The van der Waals surface area contributed by atoms with Gasteiger partial charge in [0.2, 0.25) is 6.41 Å². The van der Waals surface area contributed by atoms with Gasteiger partial charge in [-0.1, -0.05) is 6.42 Å². The van der Waals surface area contributed by atoms with Crippen LogP contribution in [0.4, 0.5) is 0 Å². The van der Waals surface area contributed by atoms with E-state index in [4.69, 9.17) is 18.4 Å². The number of aliphatic hydroxyl groups is 1. The van der Waals surface area contributed by atoms with Crippen molar-refractivity contribution in [3.05, 3.63) is 0 Å². The highest BCUT2D eigenvalue weighted by atomic mass is 28.4. The van der Waals surface area contributed by atoms with Crippen molar-refractivity contribution in [3.63, 3.8) is 0 Å². The van der Waals surface area contributed by atoms with Crippen LogP contribution in [0.2, 0.25) is 31.2 Å². The van der Waals surface area contributed by atoms with Crippen LogP contribution < -0.4 is 5.32 Å². The Hall–Kier alpha value is -0.256. The van der Waals surface area contributed by atoms with Crippen LogP contribution in [0.25, 0.3) is 0 Å². The summed E-state index contributed by atoms with van der Waals surface area (Å²) >= 11 is 0. The summed E-state index contributed by atoms with van der Waals surface area (Å²) in [4.78, 5) is 10.4. The van der Waals surface area contributed by atoms with Gasteiger partial charge in [-0.3, -0.25) is 4.79 Å². The highest BCUT2D eigenvalue weighted by Crippen LogP contribution is 2.31. The highest BCUT2D eigenvalue weighted by molar-refractivity contribution is 6.83. The monoisotopic (exact) mass is 363 g/mol. The number of ether oxygens (including phenoxy) is 1. The Kier molecular flexibility index (Phi) is 10.2. The molecule has 2 atom stereocenters. The van der Waals surface area contributed by atoms with Gasteiger partial charge in [-0.25, -0.2) is 0 Å². The fourth-order valence-electron chi connectivity index (χ4n) is 3.08. The first-order valence-electron chi connectivity index (χ1n) is 8.73. The van der Waals surface area contributed by atoms with Crippen molar-refractivity contribution in [2.75, 3.05) is 33.0 Å². The third-order valence-electron chi connectivity index (χ3n) is 4.23. The third kappa shape index (κ3) is 8.97. The molecule has 0 aromatic rings. The standard InChI is InChI=1S/C15H33NO5Si2/c1-22(13-5-7-16-15-18)12-4-3-10-20-23(2,21-22)14-6-9-19-11-8-17/h15,17H,3-14H2,1-2H3,(H,16,18). The molecular weight excluding hydrogens is 330 g/mol. The van der Waals surface area contributed by atoms with Crippen molar-refractivity contribution in [1.29, 1.82) is 0 Å². The number of carbonyl (C=O) groups is 1. The summed E-state index contributed by atoms with van der Waals surface area (Å²) in [6, 6.07) is 3.19. The number of rotatable bonds is 11. The average molecular weight is 364 g/mol. The fourth-order valence-corrected chi connectivity index (χ4v) is 12.4. The van der Waals surface area contributed by atoms with Crippen LogP contribution in [0, 0.1) is 0 Å². The van der Waals surface area contributed by atoms with E-state index in [0.717, 1.165) is 50.9 Å². The van der Waals surface area contributed by atoms with Crippen LogP contribution in [0.5, 0.6) is 0 Å². The summed E-state index contributed by atoms with van der Waals surface area (Å²) < 4.78 is 18.2. The Labute approximate surface area is 142 Å². The average Bonchev–Trinajstić information content (AvgIpc) is 2.50. The van der Waals surface area contributed by atoms with E-state index < -0.39 is 16.9 Å². The first-order chi connectivity index (χ1) is 11.0. The Morgan fingerprint density at radius 3 is 2.78 bits per heavy atom. The van der Waals surface area contributed by atoms with Crippen molar-refractivity contribution in [3.8, 4) is 0 Å².